The summed E-state index contributed by atoms with van der Waals surface area (Å²) in [5, 5.41) is 9.14. The van der Waals surface area contributed by atoms with Crippen molar-refractivity contribution in [1.82, 2.24) is 0 Å². The number of carboxylic acid groups (broad SMARTS) is 1. The predicted molar refractivity (Wildman–Crippen MR) is 88.3 cm³/mol. The second-order valence-corrected chi connectivity index (χ2v) is 7.29. The molecule has 6 nitrogen and oxygen atoms in total. The van der Waals surface area contributed by atoms with Crippen LogP contribution in [0.25, 0.3) is 0 Å². The van der Waals surface area contributed by atoms with Gasteiger partial charge in [0.1, 0.15) is 11.5 Å². The van der Waals surface area contributed by atoms with Crippen molar-refractivity contribution in [1.29, 1.82) is 0 Å². The summed E-state index contributed by atoms with van der Waals surface area (Å²) in [6, 6.07) is 12.0. The van der Waals surface area contributed by atoms with Crippen molar-refractivity contribution < 1.29 is 27.8 Å². The Labute approximate surface area is 140 Å². The van der Waals surface area contributed by atoms with Crippen LogP contribution in [-0.2, 0) is 9.84 Å². The van der Waals surface area contributed by atoms with Crippen LogP contribution in [0.15, 0.2) is 53.4 Å². The van der Waals surface area contributed by atoms with Gasteiger partial charge in [-0.2, -0.15) is 0 Å². The molecular formula is C17H18O6S. The van der Waals surface area contributed by atoms with Gasteiger partial charge in [0.15, 0.2) is 5.94 Å². The summed E-state index contributed by atoms with van der Waals surface area (Å²) in [6.45, 7) is 3.60. The molecule has 24 heavy (non-hydrogen) atoms. The highest BCUT2D eigenvalue weighted by atomic mass is 32.2. The van der Waals surface area contributed by atoms with Crippen molar-refractivity contribution in [3.8, 4) is 11.5 Å². The number of aromatic carboxylic acids is 1. The fraction of sp³-hybridized carbons (Fsp3) is 0.235. The highest BCUT2D eigenvalue weighted by Gasteiger charge is 2.16. The molecule has 0 saturated carbocycles. The molecule has 0 aliphatic heterocycles. The molecular weight excluding hydrogens is 332 g/mol. The van der Waals surface area contributed by atoms with Gasteiger partial charge in [0, 0.05) is 6.07 Å². The van der Waals surface area contributed by atoms with E-state index in [1.807, 2.05) is 0 Å². The van der Waals surface area contributed by atoms with Crippen LogP contribution in [-0.4, -0.2) is 31.5 Å². The van der Waals surface area contributed by atoms with E-state index in [1.54, 1.807) is 32.0 Å². The Morgan fingerprint density at radius 1 is 1.08 bits per heavy atom. The molecule has 0 aliphatic rings. The van der Waals surface area contributed by atoms with E-state index in [1.165, 1.54) is 30.3 Å². The van der Waals surface area contributed by atoms with Gasteiger partial charge in [-0.1, -0.05) is 18.2 Å². The molecule has 0 atom stereocenters. The van der Waals surface area contributed by atoms with E-state index in [4.69, 9.17) is 14.6 Å². The molecule has 0 spiro atoms. The Kier molecular flexibility index (Phi) is 5.46. The Bertz CT molecular complexity index is 812. The minimum Gasteiger partial charge on any atom is -0.491 e. The van der Waals surface area contributed by atoms with Gasteiger partial charge in [0.2, 0.25) is 9.84 Å². The number of hydrogen-bond donors (Lipinski definition) is 1. The average Bonchev–Trinajstić information content (AvgIpc) is 2.53. The maximum Gasteiger partial charge on any atom is 0.335 e. The summed E-state index contributed by atoms with van der Waals surface area (Å²) in [4.78, 5) is 11.3. The van der Waals surface area contributed by atoms with Gasteiger partial charge >= 0.3 is 5.97 Å². The smallest absolute Gasteiger partial charge is 0.335 e. The zero-order valence-corrected chi connectivity index (χ0v) is 14.1. The number of benzene rings is 2. The molecule has 1 N–H and O–H groups in total. The highest BCUT2D eigenvalue weighted by Crippen LogP contribution is 2.25. The SMILES string of the molecule is CC(C)Oc1cc(OCS(=O)(=O)c2ccccc2)cc(C(=O)O)c1. The largest absolute Gasteiger partial charge is 0.491 e. The molecule has 0 radical (unpaired) electrons. The molecule has 0 aliphatic carbocycles. The first-order valence-electron chi connectivity index (χ1n) is 7.23. The van der Waals surface area contributed by atoms with Gasteiger partial charge in [0.25, 0.3) is 0 Å². The minimum atomic E-state index is -3.64. The molecule has 2 aromatic carbocycles. The van der Waals surface area contributed by atoms with Gasteiger partial charge in [-0.05, 0) is 38.1 Å². The number of ether oxygens (including phenoxy) is 2. The number of carbonyl (C=O) groups is 1. The van der Waals surface area contributed by atoms with Crippen LogP contribution in [0.3, 0.4) is 0 Å². The molecule has 0 fully saturated rings. The van der Waals surface area contributed by atoms with Crippen LogP contribution in [0.4, 0.5) is 0 Å². The molecule has 2 aromatic rings. The lowest BCUT2D eigenvalue weighted by atomic mass is 10.2. The second kappa shape index (κ2) is 7.35. The number of carboxylic acids is 1. The highest BCUT2D eigenvalue weighted by molar-refractivity contribution is 7.91. The predicted octanol–water partition coefficient (Wildman–Crippen LogP) is 2.98. The fourth-order valence-corrected chi connectivity index (χ4v) is 2.96. The molecule has 0 bridgehead atoms. The van der Waals surface area contributed by atoms with Gasteiger partial charge in [0.05, 0.1) is 16.6 Å². The Hall–Kier alpha value is -2.54. The second-order valence-electron chi connectivity index (χ2n) is 5.35. The third kappa shape index (κ3) is 4.73. The summed E-state index contributed by atoms with van der Waals surface area (Å²) >= 11 is 0. The molecule has 2 rings (SSSR count). The van der Waals surface area contributed by atoms with Crippen LogP contribution < -0.4 is 9.47 Å². The normalized spacial score (nSPS) is 11.3. The van der Waals surface area contributed by atoms with E-state index in [-0.39, 0.29) is 22.3 Å². The average molecular weight is 350 g/mol. The zero-order chi connectivity index (χ0) is 17.7. The summed E-state index contributed by atoms with van der Waals surface area (Å²) in [5.41, 5.74) is -0.0414. The quantitative estimate of drug-likeness (QED) is 0.826. The first-order valence-corrected chi connectivity index (χ1v) is 8.89. The van der Waals surface area contributed by atoms with E-state index in [0.29, 0.717) is 5.75 Å². The molecule has 0 unspecified atom stereocenters. The lowest BCUT2D eigenvalue weighted by molar-refractivity contribution is 0.0695. The number of hydrogen-bond acceptors (Lipinski definition) is 5. The fourth-order valence-electron chi connectivity index (χ4n) is 1.96. The standard InChI is InChI=1S/C17H18O6S/c1-12(2)23-15-9-13(17(18)19)8-14(10-15)22-11-24(20,21)16-6-4-3-5-7-16/h3-10,12H,11H2,1-2H3,(H,18,19). The van der Waals surface area contributed by atoms with E-state index < -0.39 is 21.7 Å². The molecule has 0 aromatic heterocycles. The van der Waals surface area contributed by atoms with E-state index in [0.717, 1.165) is 0 Å². The van der Waals surface area contributed by atoms with E-state index in [2.05, 4.69) is 0 Å². The monoisotopic (exact) mass is 350 g/mol. The maximum absolute atomic E-state index is 12.2. The molecule has 0 amide bonds. The Balaban J connectivity index is 2.22. The molecule has 128 valence electrons. The topological polar surface area (TPSA) is 89.9 Å². The first kappa shape index (κ1) is 17.8. The van der Waals surface area contributed by atoms with E-state index in [9.17, 15) is 13.2 Å². The van der Waals surface area contributed by atoms with Crippen LogP contribution in [0.5, 0.6) is 11.5 Å². The van der Waals surface area contributed by atoms with Crippen molar-refractivity contribution in [2.75, 3.05) is 5.94 Å². The summed E-state index contributed by atoms with van der Waals surface area (Å²) in [5.74, 6) is -1.33. The Morgan fingerprint density at radius 2 is 1.71 bits per heavy atom. The lowest BCUT2D eigenvalue weighted by Crippen LogP contribution is -2.13. The van der Waals surface area contributed by atoms with Crippen LogP contribution in [0, 0.1) is 0 Å². The van der Waals surface area contributed by atoms with Gasteiger partial charge in [-0.25, -0.2) is 13.2 Å². The number of rotatable bonds is 7. The van der Waals surface area contributed by atoms with Crippen molar-refractivity contribution in [3.63, 3.8) is 0 Å². The third-order valence-corrected chi connectivity index (χ3v) is 4.40. The van der Waals surface area contributed by atoms with Crippen LogP contribution in [0.2, 0.25) is 0 Å². The summed E-state index contributed by atoms with van der Waals surface area (Å²) < 4.78 is 35.2. The van der Waals surface area contributed by atoms with Gasteiger partial charge in [-0.3, -0.25) is 0 Å². The van der Waals surface area contributed by atoms with Crippen molar-refractivity contribution in [2.24, 2.45) is 0 Å². The Morgan fingerprint density at radius 3 is 2.29 bits per heavy atom. The van der Waals surface area contributed by atoms with Gasteiger partial charge in [-0.15, -0.1) is 0 Å². The van der Waals surface area contributed by atoms with Crippen LogP contribution in [0.1, 0.15) is 24.2 Å². The first-order chi connectivity index (χ1) is 11.3. The summed E-state index contributed by atoms with van der Waals surface area (Å²) in [6.07, 6.45) is -0.157. The van der Waals surface area contributed by atoms with Crippen molar-refractivity contribution in [2.45, 2.75) is 24.8 Å². The molecule has 0 heterocycles. The third-order valence-electron chi connectivity index (χ3n) is 2.98. The number of sulfone groups is 1. The van der Waals surface area contributed by atoms with Crippen LogP contribution >= 0.6 is 0 Å². The minimum absolute atomic E-state index is 0.0414. The lowest BCUT2D eigenvalue weighted by Gasteiger charge is -2.13. The van der Waals surface area contributed by atoms with Crippen molar-refractivity contribution >= 4 is 15.8 Å². The van der Waals surface area contributed by atoms with E-state index >= 15 is 0 Å². The van der Waals surface area contributed by atoms with Crippen molar-refractivity contribution in [3.05, 3.63) is 54.1 Å². The maximum atomic E-state index is 12.2. The molecule has 0 saturated heterocycles. The summed E-state index contributed by atoms with van der Waals surface area (Å²) in [7, 11) is -3.64. The molecule has 7 heteroatoms. The zero-order valence-electron chi connectivity index (χ0n) is 13.3. The van der Waals surface area contributed by atoms with Gasteiger partial charge < -0.3 is 14.6 Å².